The molecule has 0 atom stereocenters. The molecule has 4 nitrogen and oxygen atoms in total. The number of rotatable bonds is 3. The molecule has 0 amide bonds. The fourth-order valence-corrected chi connectivity index (χ4v) is 2.21. The highest BCUT2D eigenvalue weighted by Gasteiger charge is 2.30. The Balaban J connectivity index is 1.84. The average molecular weight is 319 g/mol. The zero-order chi connectivity index (χ0) is 16.4. The Kier molecular flexibility index (Phi) is 3.77. The van der Waals surface area contributed by atoms with E-state index in [1.807, 2.05) is 18.2 Å². The van der Waals surface area contributed by atoms with Crippen molar-refractivity contribution < 1.29 is 13.2 Å². The molecule has 3 rings (SSSR count). The van der Waals surface area contributed by atoms with Gasteiger partial charge in [-0.3, -0.25) is 4.79 Å². The van der Waals surface area contributed by atoms with Crippen LogP contribution in [0.2, 0.25) is 0 Å². The number of nitrogens with zero attached hydrogens (tertiary/aromatic N) is 1. The van der Waals surface area contributed by atoms with Gasteiger partial charge in [0.2, 0.25) is 0 Å². The molecule has 3 aromatic rings. The number of nitrogens with one attached hydrogen (secondary N) is 2. The topological polar surface area (TPSA) is 57.8 Å². The minimum atomic E-state index is -4.43. The summed E-state index contributed by atoms with van der Waals surface area (Å²) in [7, 11) is 0. The molecule has 0 fully saturated rings. The van der Waals surface area contributed by atoms with Crippen LogP contribution in [-0.4, -0.2) is 9.97 Å². The second kappa shape index (κ2) is 5.75. The summed E-state index contributed by atoms with van der Waals surface area (Å²) >= 11 is 0. The zero-order valence-electron chi connectivity index (χ0n) is 11.8. The molecule has 23 heavy (non-hydrogen) atoms. The van der Waals surface area contributed by atoms with Crippen molar-refractivity contribution in [1.82, 2.24) is 9.97 Å². The lowest BCUT2D eigenvalue weighted by atomic mass is 10.1. The molecule has 0 aliphatic carbocycles. The fraction of sp³-hybridized carbons (Fsp3) is 0.125. The number of pyridine rings is 2. The van der Waals surface area contributed by atoms with Gasteiger partial charge in [-0.1, -0.05) is 18.2 Å². The van der Waals surface area contributed by atoms with Gasteiger partial charge in [0.1, 0.15) is 5.82 Å². The van der Waals surface area contributed by atoms with Crippen LogP contribution in [0.3, 0.4) is 0 Å². The van der Waals surface area contributed by atoms with Gasteiger partial charge in [-0.15, -0.1) is 0 Å². The number of halogens is 3. The Morgan fingerprint density at radius 1 is 1.13 bits per heavy atom. The van der Waals surface area contributed by atoms with Gasteiger partial charge in [0.05, 0.1) is 5.56 Å². The van der Waals surface area contributed by atoms with Crippen LogP contribution in [0.5, 0.6) is 0 Å². The van der Waals surface area contributed by atoms with E-state index in [1.54, 1.807) is 12.1 Å². The third-order valence-electron chi connectivity index (χ3n) is 3.38. The lowest BCUT2D eigenvalue weighted by Gasteiger charge is -2.10. The van der Waals surface area contributed by atoms with Crippen molar-refractivity contribution in [3.05, 3.63) is 70.1 Å². The van der Waals surface area contributed by atoms with Gasteiger partial charge in [-0.2, -0.15) is 13.2 Å². The van der Waals surface area contributed by atoms with Crippen LogP contribution in [-0.2, 0) is 12.7 Å². The summed E-state index contributed by atoms with van der Waals surface area (Å²) in [6.45, 7) is 0.0779. The Labute approximate surface area is 129 Å². The molecule has 2 heterocycles. The SMILES string of the molecule is O=c1[nH]c2ccccc2cc1CNc1cc(C(F)(F)F)ccn1. The second-order valence-corrected chi connectivity index (χ2v) is 4.99. The van der Waals surface area contributed by atoms with E-state index in [2.05, 4.69) is 15.3 Å². The third-order valence-corrected chi connectivity index (χ3v) is 3.38. The molecule has 118 valence electrons. The van der Waals surface area contributed by atoms with Crippen LogP contribution >= 0.6 is 0 Å². The first-order chi connectivity index (χ1) is 10.9. The normalized spacial score (nSPS) is 11.6. The molecule has 0 spiro atoms. The van der Waals surface area contributed by atoms with Crippen LogP contribution < -0.4 is 10.9 Å². The third kappa shape index (κ3) is 3.33. The molecular weight excluding hydrogens is 307 g/mol. The van der Waals surface area contributed by atoms with Gasteiger partial charge in [0.25, 0.3) is 5.56 Å². The first kappa shape index (κ1) is 15.1. The van der Waals surface area contributed by atoms with Crippen molar-refractivity contribution in [3.63, 3.8) is 0 Å². The zero-order valence-corrected chi connectivity index (χ0v) is 11.8. The maximum atomic E-state index is 12.7. The van der Waals surface area contributed by atoms with Crippen LogP contribution in [0.4, 0.5) is 19.0 Å². The summed E-state index contributed by atoms with van der Waals surface area (Å²) in [5, 5.41) is 3.60. The van der Waals surface area contributed by atoms with E-state index in [0.717, 1.165) is 23.7 Å². The standard InChI is InChI=1S/C16H12F3N3O/c17-16(18,19)12-5-6-20-14(8-12)21-9-11-7-10-3-1-2-4-13(10)22-15(11)23/h1-8H,9H2,(H,20,21)(H,22,23). The molecule has 1 aromatic carbocycles. The van der Waals surface area contributed by atoms with E-state index in [0.29, 0.717) is 11.1 Å². The smallest absolute Gasteiger partial charge is 0.366 e. The molecular formula is C16H12F3N3O. The molecule has 0 saturated carbocycles. The largest absolute Gasteiger partial charge is 0.416 e. The highest BCUT2D eigenvalue weighted by molar-refractivity contribution is 5.78. The number of H-pyrrole nitrogens is 1. The van der Waals surface area contributed by atoms with Gasteiger partial charge >= 0.3 is 6.18 Å². The predicted octanol–water partition coefficient (Wildman–Crippen LogP) is 3.55. The molecule has 2 aromatic heterocycles. The summed E-state index contributed by atoms with van der Waals surface area (Å²) in [5.41, 5.74) is 0.0481. The molecule has 0 radical (unpaired) electrons. The van der Waals surface area contributed by atoms with Gasteiger partial charge in [-0.05, 0) is 29.7 Å². The lowest BCUT2D eigenvalue weighted by Crippen LogP contribution is -2.16. The van der Waals surface area contributed by atoms with E-state index >= 15 is 0 Å². The summed E-state index contributed by atoms with van der Waals surface area (Å²) in [5.74, 6) is 0.0624. The quantitative estimate of drug-likeness (QED) is 0.776. The van der Waals surface area contributed by atoms with Crippen molar-refractivity contribution >= 4 is 16.7 Å². The Morgan fingerprint density at radius 2 is 1.91 bits per heavy atom. The first-order valence-corrected chi connectivity index (χ1v) is 6.81. The molecule has 0 saturated heterocycles. The summed E-state index contributed by atoms with van der Waals surface area (Å²) in [6, 6.07) is 10.8. The Bertz CT molecular complexity index is 903. The van der Waals surface area contributed by atoms with Crippen molar-refractivity contribution in [2.24, 2.45) is 0 Å². The number of hydrogen-bond donors (Lipinski definition) is 2. The van der Waals surface area contributed by atoms with Crippen LogP contribution in [0, 0.1) is 0 Å². The fourth-order valence-electron chi connectivity index (χ4n) is 2.21. The minimum absolute atomic E-state index is 0.0624. The van der Waals surface area contributed by atoms with Crippen molar-refractivity contribution in [1.29, 1.82) is 0 Å². The summed E-state index contributed by atoms with van der Waals surface area (Å²) < 4.78 is 38.0. The minimum Gasteiger partial charge on any atom is -0.366 e. The van der Waals surface area contributed by atoms with E-state index in [-0.39, 0.29) is 17.9 Å². The van der Waals surface area contributed by atoms with Crippen LogP contribution in [0.25, 0.3) is 10.9 Å². The van der Waals surface area contributed by atoms with Gasteiger partial charge in [0, 0.05) is 23.8 Å². The monoisotopic (exact) mass is 319 g/mol. The highest BCUT2D eigenvalue weighted by atomic mass is 19.4. The molecule has 7 heteroatoms. The predicted molar refractivity (Wildman–Crippen MR) is 81.1 cm³/mol. The number of aromatic amines is 1. The Hall–Kier alpha value is -2.83. The van der Waals surface area contributed by atoms with Crippen molar-refractivity contribution in [2.45, 2.75) is 12.7 Å². The average Bonchev–Trinajstić information content (AvgIpc) is 2.52. The van der Waals surface area contributed by atoms with E-state index in [9.17, 15) is 18.0 Å². The van der Waals surface area contributed by atoms with Gasteiger partial charge in [-0.25, -0.2) is 4.98 Å². The van der Waals surface area contributed by atoms with Crippen molar-refractivity contribution in [2.75, 3.05) is 5.32 Å². The van der Waals surface area contributed by atoms with Crippen LogP contribution in [0.1, 0.15) is 11.1 Å². The molecule has 0 bridgehead atoms. The number of alkyl halides is 3. The van der Waals surface area contributed by atoms with Gasteiger partial charge in [0.15, 0.2) is 0 Å². The molecule has 0 aliphatic rings. The summed E-state index contributed by atoms with van der Waals surface area (Å²) in [4.78, 5) is 18.6. The summed E-state index contributed by atoms with van der Waals surface area (Å²) in [6.07, 6.45) is -3.35. The first-order valence-electron chi connectivity index (χ1n) is 6.81. The number of para-hydroxylation sites is 1. The number of hydrogen-bond acceptors (Lipinski definition) is 3. The van der Waals surface area contributed by atoms with E-state index < -0.39 is 11.7 Å². The van der Waals surface area contributed by atoms with Gasteiger partial charge < -0.3 is 10.3 Å². The molecule has 0 unspecified atom stereocenters. The highest BCUT2D eigenvalue weighted by Crippen LogP contribution is 2.29. The number of aromatic nitrogens is 2. The van der Waals surface area contributed by atoms with E-state index in [1.165, 1.54) is 0 Å². The molecule has 2 N–H and O–H groups in total. The van der Waals surface area contributed by atoms with Crippen molar-refractivity contribution in [3.8, 4) is 0 Å². The van der Waals surface area contributed by atoms with E-state index in [4.69, 9.17) is 0 Å². The maximum Gasteiger partial charge on any atom is 0.416 e. The maximum absolute atomic E-state index is 12.7. The van der Waals surface area contributed by atoms with Crippen LogP contribution in [0.15, 0.2) is 53.5 Å². The number of benzene rings is 1. The lowest BCUT2D eigenvalue weighted by molar-refractivity contribution is -0.137. The molecule has 0 aliphatic heterocycles. The Morgan fingerprint density at radius 3 is 2.70 bits per heavy atom. The second-order valence-electron chi connectivity index (χ2n) is 4.99. The number of anilines is 1. The number of fused-ring (bicyclic) bond motifs is 1.